The number of hydrogen-bond acceptors (Lipinski definition) is 4. The van der Waals surface area contributed by atoms with Gasteiger partial charge in [-0.3, -0.25) is 14.4 Å². The largest absolute Gasteiger partial charge is 0.368 e. The van der Waals surface area contributed by atoms with Crippen LogP contribution in [-0.2, 0) is 16.1 Å². The van der Waals surface area contributed by atoms with Crippen molar-refractivity contribution in [1.29, 1.82) is 0 Å². The van der Waals surface area contributed by atoms with E-state index >= 15 is 0 Å². The number of amides is 3. The second kappa shape index (κ2) is 12.3. The number of carbonyl (C=O) groups excluding carboxylic acids is 3. The Morgan fingerprint density at radius 3 is 2.15 bits per heavy atom. The van der Waals surface area contributed by atoms with Gasteiger partial charge in [-0.1, -0.05) is 30.7 Å². The minimum Gasteiger partial charge on any atom is -0.368 e. The highest BCUT2D eigenvalue weighted by molar-refractivity contribution is 5.95. The summed E-state index contributed by atoms with van der Waals surface area (Å²) < 4.78 is 27.3. The maximum atomic E-state index is 14.0. The zero-order chi connectivity index (χ0) is 28.1. The third-order valence-corrected chi connectivity index (χ3v) is 7.57. The topological polar surface area (TPSA) is 73.0 Å². The van der Waals surface area contributed by atoms with E-state index in [1.807, 2.05) is 24.3 Å². The van der Waals surface area contributed by atoms with Crippen LogP contribution in [0.3, 0.4) is 0 Å². The molecule has 1 heterocycles. The third kappa shape index (κ3) is 6.47. The quantitative estimate of drug-likeness (QED) is 0.445. The fourth-order valence-corrected chi connectivity index (χ4v) is 5.04. The zero-order valence-electron chi connectivity index (χ0n) is 22.2. The van der Waals surface area contributed by atoms with Crippen molar-refractivity contribution in [2.45, 2.75) is 25.8 Å². The van der Waals surface area contributed by atoms with Gasteiger partial charge in [0.2, 0.25) is 11.8 Å². The minimum absolute atomic E-state index is 0.0475. The molecular formula is C31H32F2N4O3. The molecule has 2 fully saturated rings. The first kappa shape index (κ1) is 27.3. The van der Waals surface area contributed by atoms with Gasteiger partial charge < -0.3 is 20.0 Å². The molecule has 7 nitrogen and oxygen atoms in total. The highest BCUT2D eigenvalue weighted by Crippen LogP contribution is 2.29. The van der Waals surface area contributed by atoms with Crippen LogP contribution in [0.15, 0.2) is 72.8 Å². The Balaban J connectivity index is 1.15. The van der Waals surface area contributed by atoms with Crippen LogP contribution in [0.4, 0.5) is 20.2 Å². The Hall–Kier alpha value is -4.27. The van der Waals surface area contributed by atoms with Gasteiger partial charge in [-0.15, -0.1) is 0 Å². The number of anilines is 2. The number of carbonyl (C=O) groups is 3. The molecule has 0 unspecified atom stereocenters. The fourth-order valence-electron chi connectivity index (χ4n) is 5.04. The van der Waals surface area contributed by atoms with Crippen LogP contribution >= 0.6 is 0 Å². The minimum atomic E-state index is -0.515. The molecule has 1 aliphatic heterocycles. The van der Waals surface area contributed by atoms with Crippen molar-refractivity contribution in [2.24, 2.45) is 5.92 Å². The van der Waals surface area contributed by atoms with Gasteiger partial charge in [0.15, 0.2) is 0 Å². The van der Waals surface area contributed by atoms with Crippen molar-refractivity contribution < 1.29 is 23.2 Å². The summed E-state index contributed by atoms with van der Waals surface area (Å²) in [5.74, 6) is -1.58. The molecule has 0 spiro atoms. The molecule has 40 heavy (non-hydrogen) atoms. The standard InChI is InChI=1S/C31H32F2N4O3/c32-24-10-8-22(9-11-24)20-37(30(39)23-4-3-5-23)21-29(38)34-25-12-14-26(15-13-25)35-16-18-36(19-17-35)31(40)27-6-1-2-7-28(27)33/h1-2,6-15,23H,3-5,16-21H2,(H,34,38). The molecule has 0 aromatic heterocycles. The van der Waals surface area contributed by atoms with Crippen LogP contribution in [0.2, 0.25) is 0 Å². The molecule has 1 saturated heterocycles. The van der Waals surface area contributed by atoms with Crippen molar-refractivity contribution in [3.05, 3.63) is 95.6 Å². The smallest absolute Gasteiger partial charge is 0.256 e. The SMILES string of the molecule is O=C(CN(Cc1ccc(F)cc1)C(=O)C1CCC1)Nc1ccc(N2CCN(C(=O)c3ccccc3F)CC2)cc1. The highest BCUT2D eigenvalue weighted by atomic mass is 19.1. The van der Waals surface area contributed by atoms with E-state index in [0.717, 1.165) is 30.5 Å². The molecule has 1 aliphatic carbocycles. The highest BCUT2D eigenvalue weighted by Gasteiger charge is 2.30. The number of benzene rings is 3. The summed E-state index contributed by atoms with van der Waals surface area (Å²) in [6.07, 6.45) is 2.66. The molecule has 208 valence electrons. The van der Waals surface area contributed by atoms with Crippen LogP contribution in [0.5, 0.6) is 0 Å². The van der Waals surface area contributed by atoms with Gasteiger partial charge >= 0.3 is 0 Å². The van der Waals surface area contributed by atoms with E-state index in [4.69, 9.17) is 0 Å². The van der Waals surface area contributed by atoms with Gasteiger partial charge in [0.25, 0.3) is 5.91 Å². The van der Waals surface area contributed by atoms with Gasteiger partial charge in [-0.25, -0.2) is 8.78 Å². The number of hydrogen-bond donors (Lipinski definition) is 1. The first-order valence-corrected chi connectivity index (χ1v) is 13.6. The van der Waals surface area contributed by atoms with E-state index < -0.39 is 5.82 Å². The lowest BCUT2D eigenvalue weighted by molar-refractivity contribution is -0.141. The van der Waals surface area contributed by atoms with Gasteiger partial charge in [0.05, 0.1) is 5.56 Å². The summed E-state index contributed by atoms with van der Waals surface area (Å²) in [6.45, 7) is 2.32. The summed E-state index contributed by atoms with van der Waals surface area (Å²) in [4.78, 5) is 43.9. The van der Waals surface area contributed by atoms with E-state index in [2.05, 4.69) is 10.2 Å². The number of piperazine rings is 1. The average Bonchev–Trinajstić information content (AvgIpc) is 2.93. The first-order valence-electron chi connectivity index (χ1n) is 13.6. The lowest BCUT2D eigenvalue weighted by Gasteiger charge is -2.36. The lowest BCUT2D eigenvalue weighted by atomic mass is 9.84. The Morgan fingerprint density at radius 2 is 1.52 bits per heavy atom. The molecule has 3 amide bonds. The second-order valence-electron chi connectivity index (χ2n) is 10.3. The normalized spacial score (nSPS) is 15.3. The predicted octanol–water partition coefficient (Wildman–Crippen LogP) is 4.69. The predicted molar refractivity (Wildman–Crippen MR) is 149 cm³/mol. The Kier molecular flexibility index (Phi) is 8.38. The molecule has 9 heteroatoms. The zero-order valence-corrected chi connectivity index (χ0v) is 22.2. The maximum absolute atomic E-state index is 14.0. The summed E-state index contributed by atoms with van der Waals surface area (Å²) in [5, 5.41) is 2.87. The molecule has 0 atom stereocenters. The van der Waals surface area contributed by atoms with Crippen LogP contribution in [-0.4, -0.2) is 60.2 Å². The third-order valence-electron chi connectivity index (χ3n) is 7.57. The number of rotatable bonds is 8. The summed E-state index contributed by atoms with van der Waals surface area (Å²) in [6, 6.07) is 19.4. The summed E-state index contributed by atoms with van der Waals surface area (Å²) >= 11 is 0. The van der Waals surface area contributed by atoms with Crippen molar-refractivity contribution in [3.63, 3.8) is 0 Å². The van der Waals surface area contributed by atoms with Gasteiger partial charge in [0.1, 0.15) is 18.2 Å². The van der Waals surface area contributed by atoms with Crippen molar-refractivity contribution >= 4 is 29.1 Å². The van der Waals surface area contributed by atoms with Gasteiger partial charge in [0, 0.05) is 50.0 Å². The van der Waals surface area contributed by atoms with Gasteiger partial charge in [-0.2, -0.15) is 0 Å². The molecular weight excluding hydrogens is 514 g/mol. The maximum Gasteiger partial charge on any atom is 0.256 e. The molecule has 1 saturated carbocycles. The summed E-state index contributed by atoms with van der Waals surface area (Å²) in [7, 11) is 0. The number of nitrogens with one attached hydrogen (secondary N) is 1. The van der Waals surface area contributed by atoms with Crippen molar-refractivity contribution in [1.82, 2.24) is 9.80 Å². The van der Waals surface area contributed by atoms with Crippen molar-refractivity contribution in [3.8, 4) is 0 Å². The second-order valence-corrected chi connectivity index (χ2v) is 10.3. The van der Waals surface area contributed by atoms with E-state index in [0.29, 0.717) is 31.9 Å². The van der Waals surface area contributed by atoms with Crippen LogP contribution in [0.1, 0.15) is 35.2 Å². The van der Waals surface area contributed by atoms with Gasteiger partial charge in [-0.05, 0) is 66.9 Å². The van der Waals surface area contributed by atoms with E-state index in [9.17, 15) is 23.2 Å². The van der Waals surface area contributed by atoms with Crippen LogP contribution in [0, 0.1) is 17.6 Å². The number of nitrogens with zero attached hydrogens (tertiary/aromatic N) is 3. The molecule has 5 rings (SSSR count). The van der Waals surface area contributed by atoms with E-state index in [-0.39, 0.29) is 48.1 Å². The molecule has 0 radical (unpaired) electrons. The number of halogens is 2. The average molecular weight is 547 g/mol. The first-order chi connectivity index (χ1) is 19.4. The molecule has 3 aromatic rings. The molecule has 2 aliphatic rings. The van der Waals surface area contributed by atoms with Crippen LogP contribution in [0.25, 0.3) is 0 Å². The van der Waals surface area contributed by atoms with E-state index in [1.165, 1.54) is 24.3 Å². The Bertz CT molecular complexity index is 1350. The van der Waals surface area contributed by atoms with Crippen molar-refractivity contribution in [2.75, 3.05) is 42.9 Å². The fraction of sp³-hybridized carbons (Fsp3) is 0.323. The Morgan fingerprint density at radius 1 is 0.850 bits per heavy atom. The van der Waals surface area contributed by atoms with E-state index in [1.54, 1.807) is 34.1 Å². The summed E-state index contributed by atoms with van der Waals surface area (Å²) in [5.41, 5.74) is 2.41. The van der Waals surface area contributed by atoms with Crippen LogP contribution < -0.4 is 10.2 Å². The lowest BCUT2D eigenvalue weighted by Crippen LogP contribution is -2.49. The molecule has 0 bridgehead atoms. The molecule has 3 aromatic carbocycles. The monoisotopic (exact) mass is 546 g/mol. The Labute approximate surface area is 232 Å². The molecule has 1 N–H and O–H groups in total.